The quantitative estimate of drug-likeness (QED) is 0.762. The molecular formula is C14H15BrN4. The number of fused-ring (bicyclic) bond motifs is 1. The average molecular weight is 319 g/mol. The van der Waals surface area contributed by atoms with Gasteiger partial charge in [0.25, 0.3) is 0 Å². The number of para-hydroxylation sites is 1. The lowest BCUT2D eigenvalue weighted by Crippen LogP contribution is -2.04. The number of benzene rings is 1. The molecule has 0 aliphatic rings. The summed E-state index contributed by atoms with van der Waals surface area (Å²) in [5.74, 6) is 0.867. The minimum absolute atomic E-state index is 0.427. The summed E-state index contributed by atoms with van der Waals surface area (Å²) in [6.07, 6.45) is 0. The van der Waals surface area contributed by atoms with Gasteiger partial charge in [0, 0.05) is 29.2 Å². The lowest BCUT2D eigenvalue weighted by atomic mass is 10.1. The molecule has 0 amide bonds. The maximum Gasteiger partial charge on any atom is 0.123 e. The second kappa shape index (κ2) is 4.51. The van der Waals surface area contributed by atoms with Crippen LogP contribution in [0.25, 0.3) is 22.2 Å². The molecule has 98 valence electrons. The summed E-state index contributed by atoms with van der Waals surface area (Å²) in [6.45, 7) is 2.50. The molecule has 1 aromatic carbocycles. The minimum Gasteiger partial charge on any atom is -0.358 e. The highest BCUT2D eigenvalue weighted by atomic mass is 79.9. The molecule has 0 bridgehead atoms. The van der Waals surface area contributed by atoms with Crippen LogP contribution < -0.4 is 5.73 Å². The largest absolute Gasteiger partial charge is 0.358 e. The van der Waals surface area contributed by atoms with E-state index in [1.807, 2.05) is 23.7 Å². The summed E-state index contributed by atoms with van der Waals surface area (Å²) in [6, 6.07) is 8.25. The van der Waals surface area contributed by atoms with Gasteiger partial charge in [-0.2, -0.15) is 0 Å². The zero-order valence-corrected chi connectivity index (χ0v) is 12.5. The summed E-state index contributed by atoms with van der Waals surface area (Å²) >= 11 is 3.61. The van der Waals surface area contributed by atoms with Gasteiger partial charge in [-0.25, -0.2) is 4.98 Å². The predicted octanol–water partition coefficient (Wildman–Crippen LogP) is 3.10. The number of aromatic amines is 1. The van der Waals surface area contributed by atoms with Crippen LogP contribution in [0.15, 0.2) is 28.9 Å². The second-order valence-corrected chi connectivity index (χ2v) is 5.35. The monoisotopic (exact) mass is 318 g/mol. The summed E-state index contributed by atoms with van der Waals surface area (Å²) < 4.78 is 2.94. The number of halogens is 1. The highest BCUT2D eigenvalue weighted by molar-refractivity contribution is 9.10. The third kappa shape index (κ3) is 1.81. The Morgan fingerprint density at radius 2 is 2.11 bits per heavy atom. The van der Waals surface area contributed by atoms with E-state index in [1.165, 1.54) is 5.39 Å². The third-order valence-corrected chi connectivity index (χ3v) is 4.34. The van der Waals surface area contributed by atoms with Crippen LogP contribution in [0, 0.1) is 6.92 Å². The Bertz CT molecular complexity index is 754. The molecule has 0 aliphatic heterocycles. The van der Waals surface area contributed by atoms with Gasteiger partial charge in [-0.3, -0.25) is 0 Å². The van der Waals surface area contributed by atoms with Crippen molar-refractivity contribution in [1.29, 1.82) is 0 Å². The van der Waals surface area contributed by atoms with Crippen LogP contribution in [-0.4, -0.2) is 14.5 Å². The molecule has 0 atom stereocenters. The van der Waals surface area contributed by atoms with Crippen molar-refractivity contribution >= 4 is 26.8 Å². The molecule has 0 saturated heterocycles. The minimum atomic E-state index is 0.427. The summed E-state index contributed by atoms with van der Waals surface area (Å²) in [7, 11) is 1.97. The first-order chi connectivity index (χ1) is 9.13. The molecule has 0 fully saturated rings. The van der Waals surface area contributed by atoms with Crippen LogP contribution in [0.4, 0.5) is 0 Å². The Kier molecular flexibility index (Phi) is 2.95. The molecule has 19 heavy (non-hydrogen) atoms. The van der Waals surface area contributed by atoms with Crippen molar-refractivity contribution in [2.24, 2.45) is 12.8 Å². The number of nitrogens with zero attached hydrogens (tertiary/aromatic N) is 2. The van der Waals surface area contributed by atoms with E-state index in [2.05, 4.69) is 45.0 Å². The van der Waals surface area contributed by atoms with Gasteiger partial charge in [-0.05, 0) is 28.9 Å². The molecule has 0 radical (unpaired) electrons. The smallest absolute Gasteiger partial charge is 0.123 e. The van der Waals surface area contributed by atoms with E-state index >= 15 is 0 Å². The molecule has 0 spiro atoms. The van der Waals surface area contributed by atoms with Crippen LogP contribution >= 0.6 is 15.9 Å². The van der Waals surface area contributed by atoms with Crippen LogP contribution in [0.3, 0.4) is 0 Å². The first kappa shape index (κ1) is 12.4. The van der Waals surface area contributed by atoms with Gasteiger partial charge < -0.3 is 15.3 Å². The van der Waals surface area contributed by atoms with E-state index in [9.17, 15) is 0 Å². The first-order valence-corrected chi connectivity index (χ1v) is 6.91. The zero-order chi connectivity index (χ0) is 13.6. The first-order valence-electron chi connectivity index (χ1n) is 6.12. The lowest BCUT2D eigenvalue weighted by Gasteiger charge is -1.99. The molecule has 0 aliphatic carbocycles. The fourth-order valence-corrected chi connectivity index (χ4v) is 2.94. The van der Waals surface area contributed by atoms with Gasteiger partial charge >= 0.3 is 0 Å². The van der Waals surface area contributed by atoms with E-state index in [-0.39, 0.29) is 0 Å². The second-order valence-electron chi connectivity index (χ2n) is 4.60. The van der Waals surface area contributed by atoms with Gasteiger partial charge in [0.15, 0.2) is 0 Å². The molecular weight excluding hydrogens is 304 g/mol. The molecule has 3 N–H and O–H groups in total. The molecule has 0 saturated carbocycles. The molecule has 4 nitrogen and oxygen atoms in total. The number of nitrogens with two attached hydrogens (primary N) is 1. The lowest BCUT2D eigenvalue weighted by molar-refractivity contribution is 0.781. The third-order valence-electron chi connectivity index (χ3n) is 3.43. The van der Waals surface area contributed by atoms with Crippen LogP contribution in [0.1, 0.15) is 11.5 Å². The highest BCUT2D eigenvalue weighted by Crippen LogP contribution is 2.35. The summed E-state index contributed by atoms with van der Waals surface area (Å²) in [5.41, 5.74) is 10.0. The Labute approximate surface area is 119 Å². The predicted molar refractivity (Wildman–Crippen MR) is 80.8 cm³/mol. The molecule has 0 unspecified atom stereocenters. The SMILES string of the molecule is Cc1[nH]c2ccccc2c1-c1nc(CN)n(C)c1Br. The molecule has 2 heterocycles. The number of nitrogens with one attached hydrogen (secondary N) is 1. The fraction of sp³-hybridized carbons (Fsp3) is 0.214. The normalized spacial score (nSPS) is 11.4. The van der Waals surface area contributed by atoms with Gasteiger partial charge in [0.05, 0.1) is 6.54 Å². The van der Waals surface area contributed by atoms with Crippen molar-refractivity contribution in [1.82, 2.24) is 14.5 Å². The number of imidazole rings is 1. The maximum atomic E-state index is 5.72. The van der Waals surface area contributed by atoms with Gasteiger partial charge in [0.1, 0.15) is 16.1 Å². The maximum absolute atomic E-state index is 5.72. The van der Waals surface area contributed by atoms with Crippen LogP contribution in [0.5, 0.6) is 0 Å². The molecule has 3 rings (SSSR count). The number of H-pyrrole nitrogens is 1. The number of aryl methyl sites for hydroxylation is 1. The Balaban J connectivity index is 2.33. The van der Waals surface area contributed by atoms with Gasteiger partial charge in [0.2, 0.25) is 0 Å². The van der Waals surface area contributed by atoms with E-state index < -0.39 is 0 Å². The van der Waals surface area contributed by atoms with E-state index in [0.29, 0.717) is 6.54 Å². The molecule has 3 aromatic rings. The Morgan fingerprint density at radius 3 is 2.79 bits per heavy atom. The van der Waals surface area contributed by atoms with Gasteiger partial charge in [-0.15, -0.1) is 0 Å². The number of hydrogen-bond acceptors (Lipinski definition) is 2. The van der Waals surface area contributed by atoms with E-state index in [1.54, 1.807) is 0 Å². The van der Waals surface area contributed by atoms with Crippen molar-refractivity contribution in [3.63, 3.8) is 0 Å². The standard InChI is InChI=1S/C14H15BrN4/c1-8-12(9-5-3-4-6-10(9)17-8)13-14(15)19(2)11(7-16)18-13/h3-6,17H,7,16H2,1-2H3. The van der Waals surface area contributed by atoms with Crippen LogP contribution in [-0.2, 0) is 13.6 Å². The fourth-order valence-electron chi connectivity index (χ4n) is 2.45. The van der Waals surface area contributed by atoms with Crippen molar-refractivity contribution < 1.29 is 0 Å². The Morgan fingerprint density at radius 1 is 1.37 bits per heavy atom. The number of aromatic nitrogens is 3. The highest BCUT2D eigenvalue weighted by Gasteiger charge is 2.18. The van der Waals surface area contributed by atoms with Crippen LogP contribution in [0.2, 0.25) is 0 Å². The van der Waals surface area contributed by atoms with Crippen molar-refractivity contribution in [3.8, 4) is 11.3 Å². The Hall–Kier alpha value is -1.59. The average Bonchev–Trinajstić information content (AvgIpc) is 2.88. The topological polar surface area (TPSA) is 59.6 Å². The van der Waals surface area contributed by atoms with Crippen molar-refractivity contribution in [3.05, 3.63) is 40.4 Å². The van der Waals surface area contributed by atoms with Gasteiger partial charge in [-0.1, -0.05) is 18.2 Å². The number of hydrogen-bond donors (Lipinski definition) is 2. The number of rotatable bonds is 2. The zero-order valence-electron chi connectivity index (χ0n) is 10.9. The molecule has 5 heteroatoms. The van der Waals surface area contributed by atoms with E-state index in [0.717, 1.165) is 32.9 Å². The summed E-state index contributed by atoms with van der Waals surface area (Å²) in [4.78, 5) is 8.05. The van der Waals surface area contributed by atoms with Crippen molar-refractivity contribution in [2.75, 3.05) is 0 Å². The molecule has 2 aromatic heterocycles. The summed E-state index contributed by atoms with van der Waals surface area (Å²) in [5, 5.41) is 1.18. The van der Waals surface area contributed by atoms with E-state index in [4.69, 9.17) is 5.73 Å². The van der Waals surface area contributed by atoms with Crippen molar-refractivity contribution in [2.45, 2.75) is 13.5 Å².